The van der Waals surface area contributed by atoms with Crippen LogP contribution in [0.2, 0.25) is 0 Å². The van der Waals surface area contributed by atoms with Crippen LogP contribution >= 0.6 is 0 Å². The van der Waals surface area contributed by atoms with Gasteiger partial charge in [0, 0.05) is 6.42 Å². The number of aliphatic hydroxyl groups excluding tert-OH is 2. The van der Waals surface area contributed by atoms with Crippen LogP contribution in [0.15, 0.2) is 29.2 Å². The molecule has 0 aromatic heterocycles. The van der Waals surface area contributed by atoms with Gasteiger partial charge < -0.3 is 10.2 Å². The molecule has 0 bridgehead atoms. The Morgan fingerprint density at radius 3 is 2.44 bits per heavy atom. The SMILES string of the molecule is Cc1cccc(S(=O)(=O)C(O)CC(C)O)c1. The van der Waals surface area contributed by atoms with Gasteiger partial charge in [0.2, 0.25) is 9.84 Å². The molecule has 0 heterocycles. The fourth-order valence-electron chi connectivity index (χ4n) is 1.37. The second-order valence-corrected chi connectivity index (χ2v) is 6.01. The topological polar surface area (TPSA) is 74.6 Å². The van der Waals surface area contributed by atoms with Crippen molar-refractivity contribution in [2.75, 3.05) is 0 Å². The smallest absolute Gasteiger partial charge is 0.205 e. The molecular formula is C11H16O4S. The second-order valence-electron chi connectivity index (χ2n) is 3.90. The lowest BCUT2D eigenvalue weighted by Gasteiger charge is -2.13. The van der Waals surface area contributed by atoms with E-state index in [0.717, 1.165) is 5.56 Å². The average Bonchev–Trinajstić information content (AvgIpc) is 2.16. The first kappa shape index (κ1) is 13.2. The highest BCUT2D eigenvalue weighted by Crippen LogP contribution is 2.18. The Morgan fingerprint density at radius 2 is 1.94 bits per heavy atom. The Balaban J connectivity index is 3.02. The van der Waals surface area contributed by atoms with Crippen molar-refractivity contribution in [3.63, 3.8) is 0 Å². The van der Waals surface area contributed by atoms with Gasteiger partial charge in [0.25, 0.3) is 0 Å². The molecule has 90 valence electrons. The van der Waals surface area contributed by atoms with E-state index in [1.165, 1.54) is 19.1 Å². The largest absolute Gasteiger partial charge is 0.393 e. The molecular weight excluding hydrogens is 228 g/mol. The fourth-order valence-corrected chi connectivity index (χ4v) is 2.83. The molecule has 0 aliphatic carbocycles. The van der Waals surface area contributed by atoms with Crippen molar-refractivity contribution in [1.29, 1.82) is 0 Å². The number of sulfone groups is 1. The Kier molecular flexibility index (Phi) is 4.07. The van der Waals surface area contributed by atoms with Gasteiger partial charge in [-0.3, -0.25) is 0 Å². The summed E-state index contributed by atoms with van der Waals surface area (Å²) >= 11 is 0. The maximum atomic E-state index is 11.9. The molecule has 4 nitrogen and oxygen atoms in total. The summed E-state index contributed by atoms with van der Waals surface area (Å²) in [5.41, 5.74) is -0.750. The summed E-state index contributed by atoms with van der Waals surface area (Å²) in [4.78, 5) is 0.0839. The van der Waals surface area contributed by atoms with Crippen LogP contribution in [0.5, 0.6) is 0 Å². The van der Waals surface area contributed by atoms with E-state index in [1.54, 1.807) is 19.1 Å². The van der Waals surface area contributed by atoms with Crippen LogP contribution < -0.4 is 0 Å². The Bertz CT molecular complexity index is 451. The molecule has 0 saturated carbocycles. The van der Waals surface area contributed by atoms with Gasteiger partial charge in [-0.1, -0.05) is 12.1 Å². The minimum Gasteiger partial charge on any atom is -0.393 e. The van der Waals surface area contributed by atoms with Crippen LogP contribution in [0.4, 0.5) is 0 Å². The molecule has 0 aliphatic heterocycles. The highest BCUT2D eigenvalue weighted by atomic mass is 32.2. The van der Waals surface area contributed by atoms with Gasteiger partial charge in [-0.05, 0) is 31.5 Å². The molecule has 2 atom stereocenters. The van der Waals surface area contributed by atoms with Gasteiger partial charge in [0.15, 0.2) is 5.44 Å². The van der Waals surface area contributed by atoms with Crippen molar-refractivity contribution in [1.82, 2.24) is 0 Å². The van der Waals surface area contributed by atoms with Crippen molar-refractivity contribution in [2.45, 2.75) is 36.7 Å². The summed E-state index contributed by atoms with van der Waals surface area (Å²) in [5, 5.41) is 18.6. The van der Waals surface area contributed by atoms with Gasteiger partial charge in [-0.2, -0.15) is 0 Å². The molecule has 1 aromatic rings. The van der Waals surface area contributed by atoms with Crippen LogP contribution in [0.1, 0.15) is 18.9 Å². The minimum atomic E-state index is -3.76. The van der Waals surface area contributed by atoms with E-state index in [1.807, 2.05) is 0 Å². The summed E-state index contributed by atoms with van der Waals surface area (Å²) in [5.74, 6) is 0. The second kappa shape index (κ2) is 4.95. The highest BCUT2D eigenvalue weighted by molar-refractivity contribution is 7.91. The maximum Gasteiger partial charge on any atom is 0.205 e. The van der Waals surface area contributed by atoms with Crippen LogP contribution in [0, 0.1) is 6.92 Å². The normalized spacial score (nSPS) is 15.8. The quantitative estimate of drug-likeness (QED) is 0.823. The monoisotopic (exact) mass is 244 g/mol. The lowest BCUT2D eigenvalue weighted by Crippen LogP contribution is -2.25. The predicted octanol–water partition coefficient (Wildman–Crippen LogP) is 0.858. The molecule has 0 saturated heterocycles. The van der Waals surface area contributed by atoms with E-state index in [2.05, 4.69) is 0 Å². The van der Waals surface area contributed by atoms with E-state index in [9.17, 15) is 13.5 Å². The Hall–Kier alpha value is -0.910. The number of rotatable bonds is 4. The van der Waals surface area contributed by atoms with E-state index >= 15 is 0 Å². The van der Waals surface area contributed by atoms with Crippen molar-refractivity contribution in [3.8, 4) is 0 Å². The van der Waals surface area contributed by atoms with Crippen LogP contribution in [-0.4, -0.2) is 30.2 Å². The van der Waals surface area contributed by atoms with Crippen molar-refractivity contribution in [2.24, 2.45) is 0 Å². The van der Waals surface area contributed by atoms with Crippen molar-refractivity contribution < 1.29 is 18.6 Å². The van der Waals surface area contributed by atoms with Gasteiger partial charge >= 0.3 is 0 Å². The molecule has 0 spiro atoms. The summed E-state index contributed by atoms with van der Waals surface area (Å²) in [6.07, 6.45) is -1.04. The van der Waals surface area contributed by atoms with Gasteiger partial charge in [0.1, 0.15) is 0 Å². The van der Waals surface area contributed by atoms with Gasteiger partial charge in [-0.15, -0.1) is 0 Å². The zero-order valence-corrected chi connectivity index (χ0v) is 10.1. The lowest BCUT2D eigenvalue weighted by atomic mass is 10.2. The Morgan fingerprint density at radius 1 is 1.31 bits per heavy atom. The summed E-state index contributed by atoms with van der Waals surface area (Å²) in [7, 11) is -3.76. The third kappa shape index (κ3) is 3.04. The summed E-state index contributed by atoms with van der Waals surface area (Å²) in [6, 6.07) is 6.34. The minimum absolute atomic E-state index is 0.0839. The van der Waals surface area contributed by atoms with E-state index in [4.69, 9.17) is 5.11 Å². The van der Waals surface area contributed by atoms with Crippen LogP contribution in [0.3, 0.4) is 0 Å². The molecule has 0 fully saturated rings. The first-order valence-corrected chi connectivity index (χ1v) is 6.55. The standard InChI is InChI=1S/C11H16O4S/c1-8-4-3-5-10(6-8)16(14,15)11(13)7-9(2)12/h3-6,9,11-13H,7H2,1-2H3. The van der Waals surface area contributed by atoms with E-state index in [-0.39, 0.29) is 11.3 Å². The molecule has 16 heavy (non-hydrogen) atoms. The summed E-state index contributed by atoms with van der Waals surface area (Å²) in [6.45, 7) is 3.22. The predicted molar refractivity (Wildman–Crippen MR) is 60.7 cm³/mol. The molecule has 5 heteroatoms. The number of hydrogen-bond donors (Lipinski definition) is 2. The summed E-state index contributed by atoms with van der Waals surface area (Å²) < 4.78 is 23.7. The highest BCUT2D eigenvalue weighted by Gasteiger charge is 2.26. The first-order valence-electron chi connectivity index (χ1n) is 5.00. The fraction of sp³-hybridized carbons (Fsp3) is 0.455. The number of aryl methyl sites for hydroxylation is 1. The first-order chi connectivity index (χ1) is 7.34. The Labute approximate surface area is 95.5 Å². The molecule has 2 N–H and O–H groups in total. The molecule has 2 unspecified atom stereocenters. The van der Waals surface area contributed by atoms with Crippen molar-refractivity contribution in [3.05, 3.63) is 29.8 Å². The van der Waals surface area contributed by atoms with E-state index < -0.39 is 21.4 Å². The molecule has 0 radical (unpaired) electrons. The van der Waals surface area contributed by atoms with E-state index in [0.29, 0.717) is 0 Å². The number of aliphatic hydroxyl groups is 2. The average molecular weight is 244 g/mol. The number of hydrogen-bond acceptors (Lipinski definition) is 4. The maximum absolute atomic E-state index is 11.9. The van der Waals surface area contributed by atoms with Gasteiger partial charge in [0.05, 0.1) is 11.0 Å². The van der Waals surface area contributed by atoms with Crippen LogP contribution in [0.25, 0.3) is 0 Å². The molecule has 1 rings (SSSR count). The third-order valence-corrected chi connectivity index (χ3v) is 4.04. The molecule has 0 aliphatic rings. The number of benzene rings is 1. The van der Waals surface area contributed by atoms with Crippen molar-refractivity contribution >= 4 is 9.84 Å². The van der Waals surface area contributed by atoms with Crippen LogP contribution in [-0.2, 0) is 9.84 Å². The zero-order chi connectivity index (χ0) is 12.3. The molecule has 1 aromatic carbocycles. The van der Waals surface area contributed by atoms with Gasteiger partial charge in [-0.25, -0.2) is 8.42 Å². The third-order valence-electron chi connectivity index (χ3n) is 2.22. The zero-order valence-electron chi connectivity index (χ0n) is 9.29. The lowest BCUT2D eigenvalue weighted by molar-refractivity contribution is 0.130. The molecule has 0 amide bonds.